The van der Waals surface area contributed by atoms with Gasteiger partial charge in [0.25, 0.3) is 0 Å². The first-order valence-corrected chi connectivity index (χ1v) is 10.9. The van der Waals surface area contributed by atoms with E-state index >= 15 is 0 Å². The predicted molar refractivity (Wildman–Crippen MR) is 121 cm³/mol. The molecular weight excluding hydrogens is 390 g/mol. The van der Waals surface area contributed by atoms with Gasteiger partial charge in [-0.25, -0.2) is 4.79 Å². The molecule has 0 saturated carbocycles. The van der Waals surface area contributed by atoms with Crippen LogP contribution in [0.4, 0.5) is 10.5 Å². The number of hydrogen-bond donors (Lipinski definition) is 1. The zero-order valence-corrected chi connectivity index (χ0v) is 18.6. The van der Waals surface area contributed by atoms with Gasteiger partial charge in [-0.05, 0) is 48.6 Å². The largest absolute Gasteiger partial charge is 0.497 e. The highest BCUT2D eigenvalue weighted by Crippen LogP contribution is 2.56. The number of carbonyl (C=O) groups excluding carboxylic acids is 1. The number of methoxy groups -OCH3 is 1. The number of amides is 1. The number of para-hydroxylation sites is 1. The first kappa shape index (κ1) is 21.4. The van der Waals surface area contributed by atoms with E-state index in [4.69, 9.17) is 14.2 Å². The lowest BCUT2D eigenvalue weighted by Gasteiger charge is -2.55. The van der Waals surface area contributed by atoms with Gasteiger partial charge in [0.1, 0.15) is 12.4 Å². The van der Waals surface area contributed by atoms with Gasteiger partial charge in [0, 0.05) is 17.0 Å². The standard InChI is InChI=1S/C26H31NO4/c1-17-14-18(2)26(16-31-25(28)27-21-8-6-5-7-9-21)15-30-24(23(17)19(26)3)20-10-12-22(29-4)13-11-20/h5-14,18-19,23-24H,15-16H2,1-4H3,(H,27,28)/t18-,19+,23-,24+,26-/m1/s1. The maximum absolute atomic E-state index is 12.4. The van der Waals surface area contributed by atoms with Gasteiger partial charge in [-0.15, -0.1) is 0 Å². The van der Waals surface area contributed by atoms with Gasteiger partial charge in [0.2, 0.25) is 0 Å². The van der Waals surface area contributed by atoms with Crippen LogP contribution in [0.2, 0.25) is 0 Å². The molecule has 0 unspecified atom stereocenters. The van der Waals surface area contributed by atoms with E-state index < -0.39 is 6.09 Å². The van der Waals surface area contributed by atoms with Gasteiger partial charge < -0.3 is 14.2 Å². The molecule has 164 valence electrons. The van der Waals surface area contributed by atoms with Gasteiger partial charge in [-0.1, -0.05) is 55.8 Å². The Morgan fingerprint density at radius 1 is 1.13 bits per heavy atom. The fraction of sp³-hybridized carbons (Fsp3) is 0.423. The number of benzene rings is 2. The van der Waals surface area contributed by atoms with Crippen LogP contribution in [0, 0.1) is 23.2 Å². The van der Waals surface area contributed by atoms with Crippen molar-refractivity contribution in [3.05, 3.63) is 71.8 Å². The highest BCUT2D eigenvalue weighted by molar-refractivity contribution is 5.84. The molecule has 5 atom stereocenters. The van der Waals surface area contributed by atoms with E-state index in [1.807, 2.05) is 42.5 Å². The highest BCUT2D eigenvalue weighted by atomic mass is 16.6. The minimum atomic E-state index is -0.430. The Morgan fingerprint density at radius 2 is 1.84 bits per heavy atom. The van der Waals surface area contributed by atoms with E-state index in [2.05, 4.69) is 44.3 Å². The molecule has 2 aromatic rings. The van der Waals surface area contributed by atoms with Crippen LogP contribution in [0.15, 0.2) is 66.2 Å². The molecule has 4 rings (SSSR count). The van der Waals surface area contributed by atoms with Crippen LogP contribution < -0.4 is 10.1 Å². The monoisotopic (exact) mass is 421 g/mol. The molecule has 5 nitrogen and oxygen atoms in total. The molecule has 2 bridgehead atoms. The molecule has 1 amide bonds. The molecule has 31 heavy (non-hydrogen) atoms. The molecular formula is C26H31NO4. The van der Waals surface area contributed by atoms with Crippen molar-refractivity contribution in [1.29, 1.82) is 0 Å². The smallest absolute Gasteiger partial charge is 0.411 e. The van der Waals surface area contributed by atoms with Crippen molar-refractivity contribution in [2.75, 3.05) is 25.6 Å². The van der Waals surface area contributed by atoms with Crippen LogP contribution in [0.5, 0.6) is 5.75 Å². The lowest BCUT2D eigenvalue weighted by molar-refractivity contribution is -0.165. The van der Waals surface area contributed by atoms with Crippen molar-refractivity contribution in [1.82, 2.24) is 0 Å². The van der Waals surface area contributed by atoms with E-state index in [1.54, 1.807) is 7.11 Å². The number of rotatable bonds is 5. The maximum atomic E-state index is 12.4. The van der Waals surface area contributed by atoms with E-state index in [-0.39, 0.29) is 23.4 Å². The predicted octanol–water partition coefficient (Wildman–Crippen LogP) is 5.85. The summed E-state index contributed by atoms with van der Waals surface area (Å²) in [6.45, 7) is 7.53. The van der Waals surface area contributed by atoms with Crippen LogP contribution in [0.1, 0.15) is 32.4 Å². The Hall–Kier alpha value is -2.79. The first-order valence-electron chi connectivity index (χ1n) is 10.9. The van der Waals surface area contributed by atoms with Gasteiger partial charge in [-0.2, -0.15) is 0 Å². The number of anilines is 1. The second kappa shape index (κ2) is 8.75. The fourth-order valence-electron chi connectivity index (χ4n) is 5.23. The Morgan fingerprint density at radius 3 is 2.52 bits per heavy atom. The van der Waals surface area contributed by atoms with Crippen LogP contribution in [-0.4, -0.2) is 26.4 Å². The second-order valence-electron chi connectivity index (χ2n) is 8.82. The topological polar surface area (TPSA) is 56.8 Å². The van der Waals surface area contributed by atoms with Gasteiger partial charge in [0.15, 0.2) is 0 Å². The molecule has 0 spiro atoms. The van der Waals surface area contributed by atoms with E-state index in [0.717, 1.165) is 17.0 Å². The summed E-state index contributed by atoms with van der Waals surface area (Å²) in [4.78, 5) is 12.4. The lowest BCUT2D eigenvalue weighted by Crippen LogP contribution is -2.54. The van der Waals surface area contributed by atoms with Crippen LogP contribution in [0.3, 0.4) is 0 Å². The summed E-state index contributed by atoms with van der Waals surface area (Å²) in [7, 11) is 1.67. The molecule has 1 aliphatic heterocycles. The van der Waals surface area contributed by atoms with Gasteiger partial charge in [0.05, 0.1) is 19.8 Å². The maximum Gasteiger partial charge on any atom is 0.411 e. The third-order valence-corrected chi connectivity index (χ3v) is 7.19. The molecule has 1 heterocycles. The van der Waals surface area contributed by atoms with E-state index in [0.29, 0.717) is 19.1 Å². The molecule has 1 aliphatic carbocycles. The van der Waals surface area contributed by atoms with Crippen molar-refractivity contribution in [2.24, 2.45) is 23.2 Å². The molecule has 1 fully saturated rings. The SMILES string of the molecule is COc1ccc([C@@H]2OC[C@@]3(COC(=O)Nc4ccccc4)[C@H](C)C=C(C)[C@@H]2[C@@H]3C)cc1. The van der Waals surface area contributed by atoms with Crippen LogP contribution in [-0.2, 0) is 9.47 Å². The molecule has 1 N–H and O–H groups in total. The molecule has 1 saturated heterocycles. The minimum absolute atomic E-state index is 0.0177. The average molecular weight is 422 g/mol. The molecule has 2 aromatic carbocycles. The summed E-state index contributed by atoms with van der Waals surface area (Å²) in [5.74, 6) is 1.63. The number of hydrogen-bond acceptors (Lipinski definition) is 4. The summed E-state index contributed by atoms with van der Waals surface area (Å²) in [5.41, 5.74) is 2.96. The van der Waals surface area contributed by atoms with Crippen molar-refractivity contribution in [3.8, 4) is 5.75 Å². The lowest BCUT2D eigenvalue weighted by atomic mass is 9.56. The van der Waals surface area contributed by atoms with Gasteiger partial charge >= 0.3 is 6.09 Å². The second-order valence-corrected chi connectivity index (χ2v) is 8.82. The Balaban J connectivity index is 1.51. The zero-order chi connectivity index (χ0) is 22.0. The third kappa shape index (κ3) is 4.07. The number of carbonyl (C=O) groups is 1. The van der Waals surface area contributed by atoms with Crippen molar-refractivity contribution in [2.45, 2.75) is 26.9 Å². The van der Waals surface area contributed by atoms with Crippen LogP contribution >= 0.6 is 0 Å². The summed E-state index contributed by atoms with van der Waals surface area (Å²) in [6, 6.07) is 17.5. The fourth-order valence-corrected chi connectivity index (χ4v) is 5.23. The molecule has 0 aromatic heterocycles. The summed E-state index contributed by atoms with van der Waals surface area (Å²) >= 11 is 0. The Kier molecular flexibility index (Phi) is 6.05. The summed E-state index contributed by atoms with van der Waals surface area (Å²) in [5, 5.41) is 2.81. The highest BCUT2D eigenvalue weighted by Gasteiger charge is 2.54. The summed E-state index contributed by atoms with van der Waals surface area (Å²) in [6.07, 6.45) is 1.89. The Bertz CT molecular complexity index is 940. The summed E-state index contributed by atoms with van der Waals surface area (Å²) < 4.78 is 17.5. The van der Waals surface area contributed by atoms with Crippen molar-refractivity contribution < 1.29 is 19.0 Å². The number of allylic oxidation sites excluding steroid dienone is 1. The molecule has 5 heteroatoms. The first-order chi connectivity index (χ1) is 14.9. The number of fused-ring (bicyclic) bond motifs is 2. The normalized spacial score (nSPS) is 29.6. The quantitative estimate of drug-likeness (QED) is 0.615. The molecule has 2 aliphatic rings. The van der Waals surface area contributed by atoms with Crippen molar-refractivity contribution in [3.63, 3.8) is 0 Å². The Labute approximate surface area is 184 Å². The molecule has 0 radical (unpaired) electrons. The number of nitrogens with one attached hydrogen (secondary N) is 1. The van der Waals surface area contributed by atoms with Crippen molar-refractivity contribution >= 4 is 11.8 Å². The number of ether oxygens (including phenoxy) is 3. The van der Waals surface area contributed by atoms with Crippen LogP contribution in [0.25, 0.3) is 0 Å². The van der Waals surface area contributed by atoms with Gasteiger partial charge in [-0.3, -0.25) is 5.32 Å². The minimum Gasteiger partial charge on any atom is -0.497 e. The third-order valence-electron chi connectivity index (χ3n) is 7.19. The zero-order valence-electron chi connectivity index (χ0n) is 18.6. The van der Waals surface area contributed by atoms with E-state index in [9.17, 15) is 4.79 Å². The van der Waals surface area contributed by atoms with E-state index in [1.165, 1.54) is 5.57 Å². The average Bonchev–Trinajstić information content (AvgIpc) is 2.77.